The van der Waals surface area contributed by atoms with Gasteiger partial charge in [0.05, 0.1) is 32.9 Å². The van der Waals surface area contributed by atoms with Gasteiger partial charge in [0.1, 0.15) is 11.2 Å². The molecule has 10 rings (SSSR count). The Balaban J connectivity index is 1.35. The van der Waals surface area contributed by atoms with Gasteiger partial charge in [-0.05, 0) is 95.3 Å². The fourth-order valence-corrected chi connectivity index (χ4v) is 6.43. The molecular weight excluding hydrogens is 617 g/mol. The van der Waals surface area contributed by atoms with Gasteiger partial charge in [0, 0.05) is 10.8 Å². The maximum Gasteiger partial charge on any atom is 0.136 e. The van der Waals surface area contributed by atoms with Gasteiger partial charge >= 0.3 is 0 Å². The highest BCUT2D eigenvalue weighted by molar-refractivity contribution is 6.26. The molecule has 238 valence electrons. The lowest BCUT2D eigenvalue weighted by atomic mass is 9.83. The molecule has 0 aliphatic heterocycles. The van der Waals surface area contributed by atoms with E-state index in [0.717, 1.165) is 0 Å². The van der Waals surface area contributed by atoms with Crippen LogP contribution in [0.25, 0.3) is 99.1 Å². The maximum absolute atomic E-state index is 9.56. The summed E-state index contributed by atoms with van der Waals surface area (Å²) < 4.78 is 219. The van der Waals surface area contributed by atoms with E-state index in [4.69, 9.17) is 23.6 Å². The average molecular weight is 673 g/mol. The van der Waals surface area contributed by atoms with Crippen LogP contribution in [0.5, 0.6) is 0 Å². The van der Waals surface area contributed by atoms with E-state index in [-0.39, 0.29) is 54.6 Å². The van der Waals surface area contributed by atoms with Gasteiger partial charge in [-0.3, -0.25) is 0 Å². The molecule has 1 heteroatoms. The van der Waals surface area contributed by atoms with Gasteiger partial charge in [-0.1, -0.05) is 175 Å². The Morgan fingerprint density at radius 2 is 0.804 bits per heavy atom. The minimum Gasteiger partial charge on any atom is -0.456 e. The van der Waals surface area contributed by atoms with Crippen LogP contribution in [-0.4, -0.2) is 0 Å². The summed E-state index contributed by atoms with van der Waals surface area (Å²) >= 11 is 0. The minimum absolute atomic E-state index is 0.0628. The van der Waals surface area contributed by atoms with E-state index in [1.807, 2.05) is 0 Å². The number of hydrogen-bond donors (Lipinski definition) is 0. The zero-order valence-corrected chi connectivity index (χ0v) is 26.0. The molecular formula is C50H32O. The summed E-state index contributed by atoms with van der Waals surface area (Å²) in [5.74, 6) is 0. The van der Waals surface area contributed by atoms with Crippen LogP contribution in [0.15, 0.2) is 198 Å². The van der Waals surface area contributed by atoms with Crippen molar-refractivity contribution in [3.8, 4) is 55.6 Å². The Bertz CT molecular complexity index is 4150. The standard InChI is InChI=1S/C50H32O/c1-3-14-33(15-4-1)35-26-28-36(29-27-35)38-18-7-8-19-39(38)48-40-20-9-11-22-42(40)49(43-23-12-10-21-41(43)48)45-24-13-25-46-50(45)44-31-30-37(32-47(44)51-46)34-16-5-2-6-17-34/h1-32H/i1D,2D,3D,4D,5D,6D,7D,8D,13D,14D,15D,16D,17D,18D,19D,24D,25D,26D,27D,28D,29D,30D,31D,32D. The maximum atomic E-state index is 9.56. The third kappa shape index (κ3) is 4.86. The first kappa shape index (κ1) is 13.9. The molecule has 10 aromatic rings. The van der Waals surface area contributed by atoms with Gasteiger partial charge in [0.2, 0.25) is 0 Å². The Hall–Kier alpha value is -6.70. The van der Waals surface area contributed by atoms with Gasteiger partial charge in [0.15, 0.2) is 0 Å². The van der Waals surface area contributed by atoms with E-state index in [1.54, 1.807) is 48.5 Å². The van der Waals surface area contributed by atoms with Crippen molar-refractivity contribution < 1.29 is 37.3 Å². The average Bonchev–Trinajstić information content (AvgIpc) is 3.81. The highest BCUT2D eigenvalue weighted by Crippen LogP contribution is 2.48. The molecule has 0 atom stereocenters. The van der Waals surface area contributed by atoms with Crippen LogP contribution in [-0.2, 0) is 0 Å². The predicted molar refractivity (Wildman–Crippen MR) is 216 cm³/mol. The molecule has 1 heterocycles. The molecule has 51 heavy (non-hydrogen) atoms. The second-order valence-corrected chi connectivity index (χ2v) is 11.4. The normalized spacial score (nSPS) is 18.1. The van der Waals surface area contributed by atoms with E-state index in [2.05, 4.69) is 0 Å². The lowest BCUT2D eigenvalue weighted by Gasteiger charge is -2.20. The second kappa shape index (κ2) is 12.0. The number of hydrogen-bond acceptors (Lipinski definition) is 1. The van der Waals surface area contributed by atoms with Gasteiger partial charge in [-0.15, -0.1) is 0 Å². The summed E-state index contributed by atoms with van der Waals surface area (Å²) in [5, 5.41) is 0.399. The first-order valence-corrected chi connectivity index (χ1v) is 15.6. The van der Waals surface area contributed by atoms with Crippen molar-refractivity contribution in [2.24, 2.45) is 0 Å². The zero-order chi connectivity index (χ0) is 54.6. The quantitative estimate of drug-likeness (QED) is 0.166. The summed E-state index contributed by atoms with van der Waals surface area (Å²) in [5.41, 5.74) is -4.56. The van der Waals surface area contributed by atoms with Gasteiger partial charge in [-0.25, -0.2) is 0 Å². The van der Waals surface area contributed by atoms with E-state index < -0.39 is 190 Å². The molecule has 0 spiro atoms. The number of fused-ring (bicyclic) bond motifs is 5. The van der Waals surface area contributed by atoms with E-state index in [0.29, 0.717) is 0 Å². The highest BCUT2D eigenvalue weighted by atomic mass is 16.3. The molecule has 9 aromatic carbocycles. The highest BCUT2D eigenvalue weighted by Gasteiger charge is 2.21. The molecule has 1 aromatic heterocycles. The first-order chi connectivity index (χ1) is 35.3. The van der Waals surface area contributed by atoms with Gasteiger partial charge < -0.3 is 4.42 Å². The lowest BCUT2D eigenvalue weighted by molar-refractivity contribution is 0.669. The third-order valence-corrected chi connectivity index (χ3v) is 8.57. The SMILES string of the molecule is [2H]c1c([2H])c([2H])c(-c2c([2H])c([2H])c(-c3c([2H])c([2H])c([2H])c([2H])c3-c3c4ccccc4c(-c4c([2H])c([2H])c([2H])c5oc6c([2H])c(-c7c([2H])c([2H])c([2H])c([2H])c7[2H])c([2H])c([2H])c6c45)c4ccccc34)c([2H])c2[2H])c([2H])c1[2H]. The van der Waals surface area contributed by atoms with Crippen LogP contribution >= 0.6 is 0 Å². The molecule has 0 aliphatic carbocycles. The fraction of sp³-hybridized carbons (Fsp3) is 0. The summed E-state index contributed by atoms with van der Waals surface area (Å²) in [6.07, 6.45) is 0. The topological polar surface area (TPSA) is 13.1 Å². The molecule has 0 N–H and O–H groups in total. The summed E-state index contributed by atoms with van der Waals surface area (Å²) in [6.45, 7) is 0. The molecule has 0 amide bonds. The predicted octanol–water partition coefficient (Wildman–Crippen LogP) is 14.2. The van der Waals surface area contributed by atoms with Crippen LogP contribution in [0.4, 0.5) is 0 Å². The number of benzene rings is 9. The summed E-state index contributed by atoms with van der Waals surface area (Å²) in [6, 6.07) is -5.56. The summed E-state index contributed by atoms with van der Waals surface area (Å²) in [4.78, 5) is 0. The van der Waals surface area contributed by atoms with Crippen LogP contribution in [0.1, 0.15) is 32.9 Å². The molecule has 0 unspecified atom stereocenters. The van der Waals surface area contributed by atoms with E-state index in [1.165, 1.54) is 0 Å². The molecule has 0 aliphatic rings. The number of furan rings is 1. The largest absolute Gasteiger partial charge is 0.456 e. The van der Waals surface area contributed by atoms with E-state index in [9.17, 15) is 13.7 Å². The van der Waals surface area contributed by atoms with Crippen molar-refractivity contribution in [1.29, 1.82) is 0 Å². The molecule has 0 bridgehead atoms. The second-order valence-electron chi connectivity index (χ2n) is 11.4. The van der Waals surface area contributed by atoms with Crippen molar-refractivity contribution >= 4 is 43.5 Å². The summed E-state index contributed by atoms with van der Waals surface area (Å²) in [7, 11) is 0. The Labute approximate surface area is 330 Å². The van der Waals surface area contributed by atoms with E-state index >= 15 is 0 Å². The molecule has 0 radical (unpaired) electrons. The van der Waals surface area contributed by atoms with Crippen LogP contribution in [0.2, 0.25) is 0 Å². The molecule has 1 nitrogen and oxygen atoms in total. The number of rotatable bonds is 5. The van der Waals surface area contributed by atoms with Crippen molar-refractivity contribution in [2.75, 3.05) is 0 Å². The molecule has 0 saturated carbocycles. The smallest absolute Gasteiger partial charge is 0.136 e. The van der Waals surface area contributed by atoms with Crippen LogP contribution < -0.4 is 0 Å². The van der Waals surface area contributed by atoms with Gasteiger partial charge in [0.25, 0.3) is 0 Å². The monoisotopic (exact) mass is 672 g/mol. The lowest BCUT2D eigenvalue weighted by Crippen LogP contribution is -1.93. The van der Waals surface area contributed by atoms with Gasteiger partial charge in [-0.2, -0.15) is 0 Å². The first-order valence-electron chi connectivity index (χ1n) is 27.6. The molecule has 0 fully saturated rings. The minimum atomic E-state index is -0.878. The Kier molecular flexibility index (Phi) is 3.27. The van der Waals surface area contributed by atoms with Crippen molar-refractivity contribution in [3.05, 3.63) is 194 Å². The van der Waals surface area contributed by atoms with Crippen LogP contribution in [0, 0.1) is 0 Å². The zero-order valence-electron chi connectivity index (χ0n) is 50.0. The fourth-order valence-electron chi connectivity index (χ4n) is 6.43. The van der Waals surface area contributed by atoms with Crippen molar-refractivity contribution in [3.63, 3.8) is 0 Å². The molecule has 0 saturated heterocycles. The Morgan fingerprint density at radius 1 is 0.333 bits per heavy atom. The van der Waals surface area contributed by atoms with Crippen molar-refractivity contribution in [2.45, 2.75) is 0 Å². The van der Waals surface area contributed by atoms with Crippen molar-refractivity contribution in [1.82, 2.24) is 0 Å². The van der Waals surface area contributed by atoms with Crippen LogP contribution in [0.3, 0.4) is 0 Å². The Morgan fingerprint density at radius 3 is 1.43 bits per heavy atom. The third-order valence-electron chi connectivity index (χ3n) is 8.57.